The average molecular weight is 440 g/mol. The third-order valence-electron chi connectivity index (χ3n) is 4.44. The number of ether oxygens (including phenoxy) is 2. The van der Waals surface area contributed by atoms with Crippen molar-refractivity contribution in [3.8, 4) is 0 Å². The van der Waals surface area contributed by atoms with Crippen LogP contribution in [0.5, 0.6) is 0 Å². The summed E-state index contributed by atoms with van der Waals surface area (Å²) in [5.74, 6) is 0.796. The van der Waals surface area contributed by atoms with Gasteiger partial charge in [0, 0.05) is 37.6 Å². The molecule has 0 aromatic carbocycles. The monoisotopic (exact) mass is 439 g/mol. The number of amides is 1. The van der Waals surface area contributed by atoms with Gasteiger partial charge in [-0.25, -0.2) is 4.79 Å². The topological polar surface area (TPSA) is 87.2 Å². The molecule has 1 unspecified atom stereocenters. The lowest BCUT2D eigenvalue weighted by molar-refractivity contribution is 0.0186. The molecule has 2 heterocycles. The largest absolute Gasteiger partial charge is 0.444 e. The minimum absolute atomic E-state index is 0.262. The van der Waals surface area contributed by atoms with Crippen LogP contribution in [0, 0.1) is 0 Å². The Morgan fingerprint density at radius 3 is 2.63 bits per heavy atom. The van der Waals surface area contributed by atoms with E-state index in [2.05, 4.69) is 45.3 Å². The number of carbonyl (C=O) groups is 1. The van der Waals surface area contributed by atoms with Gasteiger partial charge < -0.3 is 25.4 Å². The van der Waals surface area contributed by atoms with E-state index in [9.17, 15) is 4.79 Å². The fourth-order valence-electron chi connectivity index (χ4n) is 3.07. The SMILES string of the molecule is CCNC(=NCC(c1cccs1)N1CCOCC1)NCCCNC(=O)OC(C)(C)C. The van der Waals surface area contributed by atoms with E-state index >= 15 is 0 Å². The maximum absolute atomic E-state index is 11.7. The highest BCUT2D eigenvalue weighted by Crippen LogP contribution is 2.26. The Bertz CT molecular complexity index is 640. The number of guanidine groups is 1. The first-order valence-corrected chi connectivity index (χ1v) is 11.6. The molecule has 2 rings (SSSR count). The zero-order valence-electron chi connectivity index (χ0n) is 18.7. The van der Waals surface area contributed by atoms with Gasteiger partial charge in [-0.3, -0.25) is 9.89 Å². The second kappa shape index (κ2) is 12.8. The highest BCUT2D eigenvalue weighted by atomic mass is 32.1. The number of morpholine rings is 1. The number of nitrogens with zero attached hydrogens (tertiary/aromatic N) is 2. The molecule has 1 aliphatic heterocycles. The molecule has 0 spiro atoms. The third kappa shape index (κ3) is 9.32. The van der Waals surface area contributed by atoms with Crippen LogP contribution >= 0.6 is 11.3 Å². The summed E-state index contributed by atoms with van der Waals surface area (Å²) in [6.07, 6.45) is 0.397. The molecule has 8 nitrogen and oxygen atoms in total. The number of aliphatic imine (C=N–C) groups is 1. The number of nitrogens with one attached hydrogen (secondary N) is 3. The molecular formula is C21H37N5O3S. The maximum atomic E-state index is 11.7. The van der Waals surface area contributed by atoms with Crippen LogP contribution in [-0.4, -0.2) is 75.0 Å². The minimum Gasteiger partial charge on any atom is -0.444 e. The van der Waals surface area contributed by atoms with E-state index in [1.165, 1.54) is 4.88 Å². The lowest BCUT2D eigenvalue weighted by atomic mass is 10.2. The van der Waals surface area contributed by atoms with Gasteiger partial charge >= 0.3 is 6.09 Å². The second-order valence-corrected chi connectivity index (χ2v) is 9.09. The van der Waals surface area contributed by atoms with Gasteiger partial charge in [-0.15, -0.1) is 11.3 Å². The minimum atomic E-state index is -0.479. The fourth-order valence-corrected chi connectivity index (χ4v) is 3.93. The predicted octanol–water partition coefficient (Wildman–Crippen LogP) is 2.59. The highest BCUT2D eigenvalue weighted by Gasteiger charge is 2.23. The molecule has 0 bridgehead atoms. The van der Waals surface area contributed by atoms with E-state index in [1.807, 2.05) is 20.8 Å². The molecule has 1 aromatic rings. The number of thiophene rings is 1. The summed E-state index contributed by atoms with van der Waals surface area (Å²) < 4.78 is 10.8. The molecule has 0 radical (unpaired) electrons. The number of carbonyl (C=O) groups excluding carboxylic acids is 1. The van der Waals surface area contributed by atoms with Gasteiger partial charge in [-0.1, -0.05) is 6.07 Å². The summed E-state index contributed by atoms with van der Waals surface area (Å²) in [6, 6.07) is 4.54. The molecule has 1 aromatic heterocycles. The van der Waals surface area contributed by atoms with Crippen molar-refractivity contribution < 1.29 is 14.3 Å². The summed E-state index contributed by atoms with van der Waals surface area (Å²) in [5, 5.41) is 11.6. The molecule has 30 heavy (non-hydrogen) atoms. The molecule has 1 aliphatic rings. The van der Waals surface area contributed by atoms with E-state index in [0.29, 0.717) is 19.6 Å². The van der Waals surface area contributed by atoms with Crippen LogP contribution < -0.4 is 16.0 Å². The van der Waals surface area contributed by atoms with Gasteiger partial charge in [0.05, 0.1) is 25.8 Å². The standard InChI is InChI=1S/C21H37N5O3S/c1-5-22-19(23-9-7-10-24-20(27)29-21(2,3)4)25-16-17(18-8-6-15-30-18)26-11-13-28-14-12-26/h6,8,15,17H,5,7,9-14,16H2,1-4H3,(H,24,27)(H2,22,23,25). The van der Waals surface area contributed by atoms with E-state index < -0.39 is 5.60 Å². The lowest BCUT2D eigenvalue weighted by Crippen LogP contribution is -2.42. The van der Waals surface area contributed by atoms with Crippen LogP contribution in [0.3, 0.4) is 0 Å². The predicted molar refractivity (Wildman–Crippen MR) is 122 cm³/mol. The van der Waals surface area contributed by atoms with Gasteiger partial charge in [0.15, 0.2) is 5.96 Å². The molecule has 1 saturated heterocycles. The zero-order valence-corrected chi connectivity index (χ0v) is 19.5. The third-order valence-corrected chi connectivity index (χ3v) is 5.41. The van der Waals surface area contributed by atoms with Gasteiger partial charge in [-0.2, -0.15) is 0 Å². The van der Waals surface area contributed by atoms with E-state index in [4.69, 9.17) is 14.5 Å². The summed E-state index contributed by atoms with van der Waals surface area (Å²) in [6.45, 7) is 13.8. The van der Waals surface area contributed by atoms with Crippen molar-refractivity contribution in [2.24, 2.45) is 4.99 Å². The number of hydrogen-bond donors (Lipinski definition) is 3. The van der Waals surface area contributed by atoms with Crippen molar-refractivity contribution in [1.82, 2.24) is 20.9 Å². The summed E-state index contributed by atoms with van der Waals surface area (Å²) in [4.78, 5) is 20.3. The Kier molecular flexibility index (Phi) is 10.4. The lowest BCUT2D eigenvalue weighted by Gasteiger charge is -2.33. The Morgan fingerprint density at radius 2 is 2.00 bits per heavy atom. The van der Waals surface area contributed by atoms with Crippen molar-refractivity contribution in [1.29, 1.82) is 0 Å². The van der Waals surface area contributed by atoms with Crippen LogP contribution in [0.4, 0.5) is 4.79 Å². The van der Waals surface area contributed by atoms with Crippen molar-refractivity contribution >= 4 is 23.4 Å². The van der Waals surface area contributed by atoms with Crippen molar-refractivity contribution in [2.45, 2.75) is 45.8 Å². The zero-order chi connectivity index (χ0) is 21.8. The molecule has 1 amide bonds. The Hall–Kier alpha value is -1.84. The quantitative estimate of drug-likeness (QED) is 0.311. The summed E-state index contributed by atoms with van der Waals surface area (Å²) >= 11 is 1.78. The summed E-state index contributed by atoms with van der Waals surface area (Å²) in [7, 11) is 0. The van der Waals surface area contributed by atoms with E-state index in [0.717, 1.165) is 45.2 Å². The average Bonchev–Trinajstić information content (AvgIpc) is 3.21. The second-order valence-electron chi connectivity index (χ2n) is 8.11. The van der Waals surface area contributed by atoms with Gasteiger partial charge in [0.1, 0.15) is 5.60 Å². The smallest absolute Gasteiger partial charge is 0.407 e. The van der Waals surface area contributed by atoms with Crippen molar-refractivity contribution in [3.05, 3.63) is 22.4 Å². The highest BCUT2D eigenvalue weighted by molar-refractivity contribution is 7.10. The van der Waals surface area contributed by atoms with Crippen LogP contribution in [0.15, 0.2) is 22.5 Å². The van der Waals surface area contributed by atoms with Crippen LogP contribution in [-0.2, 0) is 9.47 Å². The molecule has 1 atom stereocenters. The van der Waals surface area contributed by atoms with Crippen molar-refractivity contribution in [2.75, 3.05) is 52.5 Å². The Balaban J connectivity index is 1.82. The fraction of sp³-hybridized carbons (Fsp3) is 0.714. The Morgan fingerprint density at radius 1 is 1.27 bits per heavy atom. The first kappa shape index (κ1) is 24.4. The van der Waals surface area contributed by atoms with Crippen LogP contribution in [0.25, 0.3) is 0 Å². The van der Waals surface area contributed by atoms with Crippen LogP contribution in [0.2, 0.25) is 0 Å². The normalized spacial score (nSPS) is 16.7. The van der Waals surface area contributed by atoms with Crippen LogP contribution in [0.1, 0.15) is 45.0 Å². The van der Waals surface area contributed by atoms with E-state index in [-0.39, 0.29) is 12.1 Å². The number of rotatable bonds is 9. The number of hydrogen-bond acceptors (Lipinski definition) is 6. The molecule has 0 aliphatic carbocycles. The molecular weight excluding hydrogens is 402 g/mol. The summed E-state index contributed by atoms with van der Waals surface area (Å²) in [5.41, 5.74) is -0.479. The van der Waals surface area contributed by atoms with Gasteiger partial charge in [-0.05, 0) is 45.6 Å². The maximum Gasteiger partial charge on any atom is 0.407 e. The first-order valence-electron chi connectivity index (χ1n) is 10.7. The van der Waals surface area contributed by atoms with Crippen molar-refractivity contribution in [3.63, 3.8) is 0 Å². The van der Waals surface area contributed by atoms with E-state index in [1.54, 1.807) is 11.3 Å². The Labute approximate surface area is 184 Å². The molecule has 9 heteroatoms. The van der Waals surface area contributed by atoms with Gasteiger partial charge in [0.25, 0.3) is 0 Å². The number of alkyl carbamates (subject to hydrolysis) is 1. The van der Waals surface area contributed by atoms with Gasteiger partial charge in [0.2, 0.25) is 0 Å². The molecule has 0 saturated carbocycles. The first-order chi connectivity index (χ1) is 14.4. The molecule has 170 valence electrons. The molecule has 3 N–H and O–H groups in total. The molecule has 1 fully saturated rings.